The van der Waals surface area contributed by atoms with Crippen LogP contribution in [0.5, 0.6) is 5.75 Å². The number of hydrogen-bond donors (Lipinski definition) is 4. The molecule has 4 N–H and O–H groups in total. The van der Waals surface area contributed by atoms with Crippen LogP contribution in [0.15, 0.2) is 36.4 Å². The van der Waals surface area contributed by atoms with Gasteiger partial charge in [0.15, 0.2) is 0 Å². The third-order valence-corrected chi connectivity index (χ3v) is 3.29. The summed E-state index contributed by atoms with van der Waals surface area (Å²) in [6, 6.07) is 7.18. The first-order valence-corrected chi connectivity index (χ1v) is 7.21. The molecule has 22 heavy (non-hydrogen) atoms. The van der Waals surface area contributed by atoms with Crippen molar-refractivity contribution < 1.29 is 25.0 Å². The van der Waals surface area contributed by atoms with E-state index in [0.717, 1.165) is 0 Å². The van der Waals surface area contributed by atoms with Gasteiger partial charge in [-0.1, -0.05) is 31.2 Å². The second kappa shape index (κ2) is 9.94. The zero-order valence-electron chi connectivity index (χ0n) is 12.6. The Bertz CT molecular complexity index is 489. The van der Waals surface area contributed by atoms with Crippen LogP contribution in [0.3, 0.4) is 0 Å². The van der Waals surface area contributed by atoms with Crippen LogP contribution in [0.25, 0.3) is 0 Å². The molecule has 0 aliphatic carbocycles. The molecule has 0 radical (unpaired) electrons. The summed E-state index contributed by atoms with van der Waals surface area (Å²) in [5.41, 5.74) is 2.20. The average Bonchev–Trinajstić information content (AvgIpc) is 2.55. The summed E-state index contributed by atoms with van der Waals surface area (Å²) in [7, 11) is 0. The van der Waals surface area contributed by atoms with Gasteiger partial charge in [-0.15, -0.1) is 0 Å². The van der Waals surface area contributed by atoms with E-state index in [9.17, 15) is 9.90 Å². The number of carbonyl (C=O) groups excluding carboxylic acids is 1. The normalized spacial score (nSPS) is 13.8. The number of nitrogens with one attached hydrogen (secondary N) is 1. The predicted octanol–water partition coefficient (Wildman–Crippen LogP) is 1.57. The summed E-state index contributed by atoms with van der Waals surface area (Å²) < 4.78 is 5.42. The number of benzene rings is 1. The summed E-state index contributed by atoms with van der Waals surface area (Å²) in [6.45, 7) is 2.00. The van der Waals surface area contributed by atoms with Gasteiger partial charge < -0.3 is 14.9 Å². The first-order chi connectivity index (χ1) is 10.6. The second-order valence-corrected chi connectivity index (χ2v) is 4.99. The lowest BCUT2D eigenvalue weighted by molar-refractivity contribution is -0.124. The molecule has 2 atom stereocenters. The van der Waals surface area contributed by atoms with E-state index in [1.54, 1.807) is 18.2 Å². The maximum absolute atomic E-state index is 10.8. The van der Waals surface area contributed by atoms with Gasteiger partial charge in [0.05, 0.1) is 12.7 Å². The number of aliphatic hydroxyl groups is 2. The molecule has 6 heteroatoms. The molecule has 1 aromatic carbocycles. The molecule has 0 saturated carbocycles. The van der Waals surface area contributed by atoms with Crippen LogP contribution >= 0.6 is 0 Å². The fourth-order valence-corrected chi connectivity index (χ4v) is 2.06. The van der Waals surface area contributed by atoms with Gasteiger partial charge in [0, 0.05) is 11.6 Å². The van der Waals surface area contributed by atoms with Crippen molar-refractivity contribution in [3.63, 3.8) is 0 Å². The molecular formula is C16H23NO5. The third kappa shape index (κ3) is 5.85. The minimum Gasteiger partial charge on any atom is -0.491 e. The molecule has 0 aliphatic rings. The zero-order valence-corrected chi connectivity index (χ0v) is 12.6. The number of amides is 1. The van der Waals surface area contributed by atoms with Crippen molar-refractivity contribution in [2.45, 2.75) is 25.9 Å². The quantitative estimate of drug-likeness (QED) is 0.315. The van der Waals surface area contributed by atoms with Crippen molar-refractivity contribution >= 4 is 5.91 Å². The molecule has 0 unspecified atom stereocenters. The monoisotopic (exact) mass is 309 g/mol. The second-order valence-electron chi connectivity index (χ2n) is 4.99. The van der Waals surface area contributed by atoms with Crippen molar-refractivity contribution in [3.05, 3.63) is 42.0 Å². The Hall–Kier alpha value is -1.89. The summed E-state index contributed by atoms with van der Waals surface area (Å²) in [5, 5.41) is 27.6. The number of ether oxygens (including phenoxy) is 1. The van der Waals surface area contributed by atoms with Gasteiger partial charge >= 0.3 is 0 Å². The molecule has 0 aromatic heterocycles. The maximum Gasteiger partial charge on any atom is 0.267 e. The molecule has 0 aliphatic heterocycles. The predicted molar refractivity (Wildman–Crippen MR) is 81.4 cm³/mol. The van der Waals surface area contributed by atoms with E-state index in [4.69, 9.17) is 15.1 Å². The summed E-state index contributed by atoms with van der Waals surface area (Å²) in [5.74, 6) is -0.0530. The van der Waals surface area contributed by atoms with E-state index in [2.05, 4.69) is 0 Å². The Morgan fingerprint density at radius 3 is 2.82 bits per heavy atom. The first-order valence-electron chi connectivity index (χ1n) is 7.21. The lowest BCUT2D eigenvalue weighted by Gasteiger charge is -2.21. The molecule has 1 rings (SSSR count). The third-order valence-electron chi connectivity index (χ3n) is 3.29. The minimum absolute atomic E-state index is 0.0410. The molecule has 0 heterocycles. The lowest BCUT2D eigenvalue weighted by Crippen LogP contribution is -2.15. The standard InChI is InChI=1S/C16H23NO5/c1-12(6-2-5-9-15(19)17-21)16(20)13-7-3-4-8-14(13)22-11-10-18/h3-5,7-9,12,16,18,20-21H,2,6,10-11H2,1H3,(H,17,19)/b9-5+/t12-,16-/m1/s1. The molecule has 0 bridgehead atoms. The number of hydroxylamine groups is 1. The summed E-state index contributed by atoms with van der Waals surface area (Å²) >= 11 is 0. The SMILES string of the molecule is C[C@H](CC/C=C/C(=O)NO)[C@@H](O)c1ccccc1OCCO. The van der Waals surface area contributed by atoms with Gasteiger partial charge in [-0.05, 0) is 24.8 Å². The Labute approximate surface area is 130 Å². The Morgan fingerprint density at radius 1 is 1.41 bits per heavy atom. The molecule has 1 amide bonds. The Morgan fingerprint density at radius 2 is 2.14 bits per heavy atom. The molecule has 0 fully saturated rings. The van der Waals surface area contributed by atoms with Gasteiger partial charge in [0.25, 0.3) is 5.91 Å². The van der Waals surface area contributed by atoms with Crippen molar-refractivity contribution in [3.8, 4) is 5.75 Å². The maximum atomic E-state index is 10.8. The molecular weight excluding hydrogens is 286 g/mol. The highest BCUT2D eigenvalue weighted by Gasteiger charge is 2.19. The van der Waals surface area contributed by atoms with Crippen molar-refractivity contribution in [2.75, 3.05) is 13.2 Å². The van der Waals surface area contributed by atoms with Gasteiger partial charge in [0.2, 0.25) is 0 Å². The Balaban J connectivity index is 2.60. The summed E-state index contributed by atoms with van der Waals surface area (Å²) in [6.07, 6.45) is 3.46. The van der Waals surface area contributed by atoms with Crippen LogP contribution < -0.4 is 10.2 Å². The largest absolute Gasteiger partial charge is 0.491 e. The van der Waals surface area contributed by atoms with E-state index in [0.29, 0.717) is 24.2 Å². The van der Waals surface area contributed by atoms with Crippen LogP contribution in [0.4, 0.5) is 0 Å². The Kier molecular flexibility index (Phi) is 8.21. The van der Waals surface area contributed by atoms with E-state index >= 15 is 0 Å². The number of carbonyl (C=O) groups is 1. The zero-order chi connectivity index (χ0) is 16.4. The number of aliphatic hydroxyl groups excluding tert-OH is 2. The van der Waals surface area contributed by atoms with Crippen LogP contribution in [-0.4, -0.2) is 34.5 Å². The topological polar surface area (TPSA) is 99.0 Å². The van der Waals surface area contributed by atoms with E-state index < -0.39 is 12.0 Å². The number of allylic oxidation sites excluding steroid dienone is 1. The fourth-order valence-electron chi connectivity index (χ4n) is 2.06. The fraction of sp³-hybridized carbons (Fsp3) is 0.438. The molecule has 0 saturated heterocycles. The van der Waals surface area contributed by atoms with E-state index in [1.807, 2.05) is 19.1 Å². The summed E-state index contributed by atoms with van der Waals surface area (Å²) in [4.78, 5) is 10.8. The van der Waals surface area contributed by atoms with Crippen LogP contribution in [0.2, 0.25) is 0 Å². The van der Waals surface area contributed by atoms with Crippen molar-refractivity contribution in [1.29, 1.82) is 0 Å². The molecule has 0 spiro atoms. The minimum atomic E-state index is -0.699. The average molecular weight is 309 g/mol. The van der Waals surface area contributed by atoms with Gasteiger partial charge in [-0.3, -0.25) is 10.0 Å². The molecule has 122 valence electrons. The van der Waals surface area contributed by atoms with Crippen LogP contribution in [-0.2, 0) is 4.79 Å². The van der Waals surface area contributed by atoms with E-state index in [1.165, 1.54) is 11.6 Å². The smallest absolute Gasteiger partial charge is 0.267 e. The highest BCUT2D eigenvalue weighted by Crippen LogP contribution is 2.32. The molecule has 6 nitrogen and oxygen atoms in total. The number of para-hydroxylation sites is 1. The highest BCUT2D eigenvalue weighted by molar-refractivity contribution is 5.86. The highest BCUT2D eigenvalue weighted by atomic mass is 16.5. The lowest BCUT2D eigenvalue weighted by atomic mass is 9.92. The van der Waals surface area contributed by atoms with Crippen molar-refractivity contribution in [2.24, 2.45) is 5.92 Å². The van der Waals surface area contributed by atoms with Gasteiger partial charge in [-0.2, -0.15) is 0 Å². The van der Waals surface area contributed by atoms with E-state index in [-0.39, 0.29) is 19.1 Å². The van der Waals surface area contributed by atoms with Crippen LogP contribution in [0, 0.1) is 5.92 Å². The van der Waals surface area contributed by atoms with Gasteiger partial charge in [-0.25, -0.2) is 5.48 Å². The number of hydrogen-bond acceptors (Lipinski definition) is 5. The molecule has 1 aromatic rings. The first kappa shape index (κ1) is 18.2. The van der Waals surface area contributed by atoms with Crippen LogP contribution in [0.1, 0.15) is 31.4 Å². The van der Waals surface area contributed by atoms with Crippen molar-refractivity contribution in [1.82, 2.24) is 5.48 Å². The van der Waals surface area contributed by atoms with Gasteiger partial charge in [0.1, 0.15) is 12.4 Å². The number of rotatable bonds is 9.